The zero-order valence-electron chi connectivity index (χ0n) is 9.69. The molecule has 0 aliphatic rings. The summed E-state index contributed by atoms with van der Waals surface area (Å²) in [6, 6.07) is 3.45. The van der Waals surface area contributed by atoms with E-state index in [0.29, 0.717) is 29.7 Å². The summed E-state index contributed by atoms with van der Waals surface area (Å²) in [6.07, 6.45) is 0.895. The van der Waals surface area contributed by atoms with Crippen LogP contribution in [0.4, 0.5) is 4.39 Å². The van der Waals surface area contributed by atoms with E-state index in [1.54, 1.807) is 13.0 Å². The highest BCUT2D eigenvalue weighted by Gasteiger charge is 2.07. The highest BCUT2D eigenvalue weighted by molar-refractivity contribution is 6.31. The molecule has 16 heavy (non-hydrogen) atoms. The molecule has 0 fully saturated rings. The fraction of sp³-hybridized carbons (Fsp3) is 0.500. The molecule has 1 rings (SSSR count). The van der Waals surface area contributed by atoms with E-state index in [4.69, 9.17) is 17.3 Å². The fourth-order valence-corrected chi connectivity index (χ4v) is 1.74. The molecule has 0 saturated heterocycles. The molecule has 2 nitrogen and oxygen atoms in total. The highest BCUT2D eigenvalue weighted by Crippen LogP contribution is 2.20. The number of aryl methyl sites for hydroxylation is 1. The molecule has 0 bridgehead atoms. The van der Waals surface area contributed by atoms with Crippen LogP contribution in [0, 0.1) is 12.7 Å². The molecule has 3 N–H and O–H groups in total. The second-order valence-corrected chi connectivity index (χ2v) is 4.46. The van der Waals surface area contributed by atoms with Crippen molar-refractivity contribution in [2.75, 3.05) is 6.54 Å². The molecule has 1 atom stereocenters. The molecule has 0 radical (unpaired) electrons. The van der Waals surface area contributed by atoms with Crippen molar-refractivity contribution < 1.29 is 4.39 Å². The normalized spacial score (nSPS) is 12.8. The molecule has 0 aromatic heterocycles. The Morgan fingerprint density at radius 3 is 2.81 bits per heavy atom. The summed E-state index contributed by atoms with van der Waals surface area (Å²) in [7, 11) is 0. The monoisotopic (exact) mass is 244 g/mol. The molecule has 1 unspecified atom stereocenters. The predicted octanol–water partition coefficient (Wildman–Crippen LogP) is 2.61. The number of rotatable bonds is 5. The molecule has 0 aliphatic heterocycles. The summed E-state index contributed by atoms with van der Waals surface area (Å²) in [5, 5.41) is 3.86. The lowest BCUT2D eigenvalue weighted by molar-refractivity contribution is 0.518. The van der Waals surface area contributed by atoms with Crippen molar-refractivity contribution in [3.63, 3.8) is 0 Å². The maximum absolute atomic E-state index is 13.3. The van der Waals surface area contributed by atoms with E-state index in [2.05, 4.69) is 5.32 Å². The van der Waals surface area contributed by atoms with Gasteiger partial charge in [0, 0.05) is 17.6 Å². The number of benzene rings is 1. The van der Waals surface area contributed by atoms with Crippen LogP contribution >= 0.6 is 11.6 Å². The molecular weight excluding hydrogens is 227 g/mol. The lowest BCUT2D eigenvalue weighted by Gasteiger charge is -2.13. The third-order valence-corrected chi connectivity index (χ3v) is 2.92. The van der Waals surface area contributed by atoms with Crippen LogP contribution in [0.1, 0.15) is 24.5 Å². The van der Waals surface area contributed by atoms with Gasteiger partial charge in [-0.1, -0.05) is 11.6 Å². The summed E-state index contributed by atoms with van der Waals surface area (Å²) in [4.78, 5) is 0. The molecular formula is C12H18ClFN2. The Kier molecular flexibility index (Phi) is 5.19. The summed E-state index contributed by atoms with van der Waals surface area (Å²) in [5.41, 5.74) is 6.80. The molecule has 0 amide bonds. The third-order valence-electron chi connectivity index (χ3n) is 2.57. The van der Waals surface area contributed by atoms with Gasteiger partial charge in [-0.15, -0.1) is 0 Å². The lowest BCUT2D eigenvalue weighted by Crippen LogP contribution is -2.28. The van der Waals surface area contributed by atoms with Gasteiger partial charge in [0.25, 0.3) is 0 Å². The maximum atomic E-state index is 13.3. The second kappa shape index (κ2) is 6.18. The van der Waals surface area contributed by atoms with Gasteiger partial charge in [-0.05, 0) is 50.1 Å². The van der Waals surface area contributed by atoms with Crippen LogP contribution in [0.15, 0.2) is 12.1 Å². The van der Waals surface area contributed by atoms with Crippen molar-refractivity contribution in [3.8, 4) is 0 Å². The smallest absolute Gasteiger partial charge is 0.126 e. The average molecular weight is 245 g/mol. The Balaban J connectivity index is 2.63. The predicted molar refractivity (Wildman–Crippen MR) is 66.1 cm³/mol. The Labute approximate surface area is 101 Å². The van der Waals surface area contributed by atoms with Crippen molar-refractivity contribution in [3.05, 3.63) is 34.1 Å². The van der Waals surface area contributed by atoms with Crippen molar-refractivity contribution in [2.45, 2.75) is 32.9 Å². The Morgan fingerprint density at radius 2 is 2.19 bits per heavy atom. The largest absolute Gasteiger partial charge is 0.330 e. The van der Waals surface area contributed by atoms with Crippen molar-refractivity contribution >= 4 is 11.6 Å². The number of nitrogens with one attached hydrogen (secondary N) is 1. The van der Waals surface area contributed by atoms with Crippen LogP contribution in [-0.4, -0.2) is 12.6 Å². The van der Waals surface area contributed by atoms with Crippen LogP contribution in [0.3, 0.4) is 0 Å². The van der Waals surface area contributed by atoms with Gasteiger partial charge in [0.1, 0.15) is 5.82 Å². The minimum absolute atomic E-state index is 0.215. The topological polar surface area (TPSA) is 38.0 Å². The number of halogens is 2. The molecule has 4 heteroatoms. The van der Waals surface area contributed by atoms with E-state index in [-0.39, 0.29) is 5.82 Å². The molecule has 0 aliphatic carbocycles. The number of hydrogen-bond donors (Lipinski definition) is 2. The second-order valence-electron chi connectivity index (χ2n) is 4.05. The standard InChI is InChI=1S/C12H18ClFN2/c1-8-5-11(13)10(6-12(8)14)7-16-9(2)3-4-15/h5-6,9,16H,3-4,7,15H2,1-2H3. The molecule has 0 saturated carbocycles. The SMILES string of the molecule is Cc1cc(Cl)c(CNC(C)CCN)cc1F. The first-order valence-electron chi connectivity index (χ1n) is 5.42. The van der Waals surface area contributed by atoms with Crippen LogP contribution in [0.2, 0.25) is 5.02 Å². The van der Waals surface area contributed by atoms with Gasteiger partial charge >= 0.3 is 0 Å². The van der Waals surface area contributed by atoms with Crippen molar-refractivity contribution in [2.24, 2.45) is 5.73 Å². The van der Waals surface area contributed by atoms with Gasteiger partial charge < -0.3 is 11.1 Å². The first-order valence-corrected chi connectivity index (χ1v) is 5.80. The van der Waals surface area contributed by atoms with E-state index < -0.39 is 0 Å². The third kappa shape index (κ3) is 3.74. The highest BCUT2D eigenvalue weighted by atomic mass is 35.5. The first-order chi connectivity index (χ1) is 7.54. The van der Waals surface area contributed by atoms with Gasteiger partial charge in [-0.25, -0.2) is 4.39 Å². The van der Waals surface area contributed by atoms with Gasteiger partial charge in [0.2, 0.25) is 0 Å². The van der Waals surface area contributed by atoms with E-state index >= 15 is 0 Å². The maximum Gasteiger partial charge on any atom is 0.126 e. The Bertz CT molecular complexity index is 355. The van der Waals surface area contributed by atoms with E-state index in [0.717, 1.165) is 12.0 Å². The van der Waals surface area contributed by atoms with Crippen LogP contribution in [-0.2, 0) is 6.54 Å². The molecule has 1 aromatic rings. The fourth-order valence-electron chi connectivity index (χ4n) is 1.46. The minimum Gasteiger partial charge on any atom is -0.330 e. The Hall–Kier alpha value is -0.640. The molecule has 1 aromatic carbocycles. The summed E-state index contributed by atoms with van der Waals surface area (Å²) >= 11 is 6.03. The zero-order valence-corrected chi connectivity index (χ0v) is 10.4. The first kappa shape index (κ1) is 13.4. The zero-order chi connectivity index (χ0) is 12.1. The molecule has 0 spiro atoms. The van der Waals surface area contributed by atoms with Crippen LogP contribution in [0.25, 0.3) is 0 Å². The quantitative estimate of drug-likeness (QED) is 0.836. The van der Waals surface area contributed by atoms with E-state index in [9.17, 15) is 4.39 Å². The molecule has 0 heterocycles. The Morgan fingerprint density at radius 1 is 1.50 bits per heavy atom. The van der Waals surface area contributed by atoms with Gasteiger partial charge in [-0.2, -0.15) is 0 Å². The number of hydrogen-bond acceptors (Lipinski definition) is 2. The number of nitrogens with two attached hydrogens (primary N) is 1. The van der Waals surface area contributed by atoms with E-state index in [1.165, 1.54) is 6.07 Å². The van der Waals surface area contributed by atoms with E-state index in [1.807, 2.05) is 6.92 Å². The van der Waals surface area contributed by atoms with Gasteiger partial charge in [0.05, 0.1) is 0 Å². The summed E-state index contributed by atoms with van der Waals surface area (Å²) < 4.78 is 13.3. The summed E-state index contributed by atoms with van der Waals surface area (Å²) in [5.74, 6) is -0.215. The lowest BCUT2D eigenvalue weighted by atomic mass is 10.1. The summed E-state index contributed by atoms with van der Waals surface area (Å²) in [6.45, 7) is 4.96. The van der Waals surface area contributed by atoms with Gasteiger partial charge in [0.15, 0.2) is 0 Å². The van der Waals surface area contributed by atoms with Crippen LogP contribution < -0.4 is 11.1 Å². The van der Waals surface area contributed by atoms with Gasteiger partial charge in [-0.3, -0.25) is 0 Å². The molecule has 90 valence electrons. The van der Waals surface area contributed by atoms with Crippen molar-refractivity contribution in [1.29, 1.82) is 0 Å². The minimum atomic E-state index is -0.215. The van der Waals surface area contributed by atoms with Crippen LogP contribution in [0.5, 0.6) is 0 Å². The van der Waals surface area contributed by atoms with Crippen molar-refractivity contribution in [1.82, 2.24) is 5.32 Å². The average Bonchev–Trinajstić information content (AvgIpc) is 2.22.